The van der Waals surface area contributed by atoms with E-state index >= 15 is 0 Å². The second-order valence-electron chi connectivity index (χ2n) is 7.54. The fourth-order valence-electron chi connectivity index (χ4n) is 2.75. The standard InChI is InChI=1S/C19H21Cl2N5O3/c1-19(2,3)16-15(21)18-23-17(25-26(18)24-16)11-9-10(20)5-6-12(11)22-13(27)7-8-14(28)29-4/h5-6,9H,7-8H2,1-4H3,(H,22,27)(H,23,25). The number of methoxy groups -OCH3 is 1. The van der Waals surface area contributed by atoms with E-state index in [9.17, 15) is 9.59 Å². The molecule has 3 rings (SSSR count). The Hall–Kier alpha value is -2.58. The zero-order chi connectivity index (χ0) is 21.3. The van der Waals surface area contributed by atoms with E-state index in [-0.39, 0.29) is 24.2 Å². The summed E-state index contributed by atoms with van der Waals surface area (Å²) in [5.41, 5.74) is 2.11. The van der Waals surface area contributed by atoms with Gasteiger partial charge in [0.25, 0.3) is 0 Å². The molecule has 10 heteroatoms. The monoisotopic (exact) mass is 437 g/mol. The maximum absolute atomic E-state index is 12.2. The molecule has 8 nitrogen and oxygen atoms in total. The molecule has 3 aromatic rings. The number of esters is 1. The normalized spacial score (nSPS) is 11.7. The molecule has 0 aliphatic heterocycles. The van der Waals surface area contributed by atoms with Gasteiger partial charge in [0, 0.05) is 22.4 Å². The Kier molecular flexibility index (Phi) is 5.86. The second kappa shape index (κ2) is 8.04. The molecule has 2 heterocycles. The number of carbonyl (C=O) groups excluding carboxylic acids is 2. The third-order valence-corrected chi connectivity index (χ3v) is 4.84. The Bertz CT molecular complexity index is 1080. The average molecular weight is 438 g/mol. The number of benzene rings is 1. The molecule has 0 unspecified atom stereocenters. The number of amides is 1. The summed E-state index contributed by atoms with van der Waals surface area (Å²) < 4.78 is 5.99. The minimum atomic E-state index is -0.451. The molecule has 1 aromatic carbocycles. The van der Waals surface area contributed by atoms with Crippen molar-refractivity contribution in [1.29, 1.82) is 0 Å². The van der Waals surface area contributed by atoms with Crippen molar-refractivity contribution in [3.05, 3.63) is 33.9 Å². The Morgan fingerprint density at radius 3 is 2.55 bits per heavy atom. The number of fused-ring (bicyclic) bond motifs is 1. The minimum Gasteiger partial charge on any atom is -0.469 e. The number of hydrogen-bond donors (Lipinski definition) is 2. The van der Waals surface area contributed by atoms with Gasteiger partial charge in [-0.05, 0) is 18.2 Å². The van der Waals surface area contributed by atoms with Gasteiger partial charge in [0.2, 0.25) is 5.91 Å². The van der Waals surface area contributed by atoms with Crippen molar-refractivity contribution in [2.45, 2.75) is 39.0 Å². The lowest BCUT2D eigenvalue weighted by Gasteiger charge is -2.14. The average Bonchev–Trinajstić information content (AvgIpc) is 3.20. The van der Waals surface area contributed by atoms with Gasteiger partial charge >= 0.3 is 5.97 Å². The van der Waals surface area contributed by atoms with E-state index in [0.717, 1.165) is 5.69 Å². The highest BCUT2D eigenvalue weighted by Crippen LogP contribution is 2.34. The van der Waals surface area contributed by atoms with Crippen molar-refractivity contribution >= 4 is 46.4 Å². The van der Waals surface area contributed by atoms with Crippen molar-refractivity contribution in [1.82, 2.24) is 19.8 Å². The van der Waals surface area contributed by atoms with Crippen LogP contribution in [0.4, 0.5) is 5.69 Å². The quantitative estimate of drug-likeness (QED) is 0.581. The molecule has 2 N–H and O–H groups in total. The third-order valence-electron chi connectivity index (χ3n) is 4.25. The molecule has 0 saturated heterocycles. The van der Waals surface area contributed by atoms with E-state index < -0.39 is 5.97 Å². The van der Waals surface area contributed by atoms with Gasteiger partial charge in [-0.15, -0.1) is 9.73 Å². The first-order valence-corrected chi connectivity index (χ1v) is 9.67. The minimum absolute atomic E-state index is 0.00299. The number of anilines is 1. The van der Waals surface area contributed by atoms with Crippen LogP contribution in [0.3, 0.4) is 0 Å². The predicted molar refractivity (Wildman–Crippen MR) is 111 cm³/mol. The van der Waals surface area contributed by atoms with Crippen molar-refractivity contribution in [2.24, 2.45) is 0 Å². The number of ether oxygens (including phenoxy) is 1. The van der Waals surface area contributed by atoms with Crippen molar-refractivity contribution in [3.63, 3.8) is 0 Å². The highest BCUT2D eigenvalue weighted by molar-refractivity contribution is 6.34. The molecular formula is C19H21Cl2N5O3. The molecule has 29 heavy (non-hydrogen) atoms. The number of nitrogens with zero attached hydrogens (tertiary/aromatic N) is 3. The lowest BCUT2D eigenvalue weighted by molar-refractivity contribution is -0.141. The molecule has 0 fully saturated rings. The van der Waals surface area contributed by atoms with Crippen LogP contribution in [0.2, 0.25) is 10.0 Å². The van der Waals surface area contributed by atoms with Crippen LogP contribution in [0.15, 0.2) is 18.2 Å². The lowest BCUT2D eigenvalue weighted by Crippen LogP contribution is -2.14. The molecule has 0 saturated carbocycles. The zero-order valence-corrected chi connectivity index (χ0v) is 18.0. The largest absolute Gasteiger partial charge is 0.469 e. The molecule has 0 atom stereocenters. The summed E-state index contributed by atoms with van der Waals surface area (Å²) in [6.07, 6.45) is -0.0119. The van der Waals surface area contributed by atoms with E-state index in [1.807, 2.05) is 20.8 Å². The summed E-state index contributed by atoms with van der Waals surface area (Å²) in [7, 11) is 1.28. The van der Waals surface area contributed by atoms with Crippen molar-refractivity contribution in [2.75, 3.05) is 12.4 Å². The molecule has 2 aromatic heterocycles. The van der Waals surface area contributed by atoms with Gasteiger partial charge in [0.15, 0.2) is 11.5 Å². The summed E-state index contributed by atoms with van der Waals surface area (Å²) in [6.45, 7) is 6.04. The zero-order valence-electron chi connectivity index (χ0n) is 16.5. The topological polar surface area (TPSA) is 101 Å². The lowest BCUT2D eigenvalue weighted by atomic mass is 9.92. The van der Waals surface area contributed by atoms with Gasteiger partial charge in [0.1, 0.15) is 5.02 Å². The summed E-state index contributed by atoms with van der Waals surface area (Å²) in [5, 5.41) is 12.7. The molecule has 1 amide bonds. The van der Waals surface area contributed by atoms with Crippen molar-refractivity contribution < 1.29 is 14.3 Å². The first-order valence-electron chi connectivity index (χ1n) is 8.91. The van der Waals surface area contributed by atoms with Crippen LogP contribution in [-0.4, -0.2) is 38.8 Å². The second-order valence-corrected chi connectivity index (χ2v) is 8.35. The summed E-state index contributed by atoms with van der Waals surface area (Å²) in [4.78, 5) is 26.6. The van der Waals surface area contributed by atoms with Crippen LogP contribution in [-0.2, 0) is 19.7 Å². The van der Waals surface area contributed by atoms with Gasteiger partial charge < -0.3 is 15.0 Å². The third kappa shape index (κ3) is 4.54. The highest BCUT2D eigenvalue weighted by Gasteiger charge is 2.25. The van der Waals surface area contributed by atoms with Crippen LogP contribution in [0.25, 0.3) is 17.0 Å². The molecule has 0 bridgehead atoms. The van der Waals surface area contributed by atoms with Crippen LogP contribution >= 0.6 is 23.2 Å². The summed E-state index contributed by atoms with van der Waals surface area (Å²) >= 11 is 12.6. The maximum atomic E-state index is 12.2. The summed E-state index contributed by atoms with van der Waals surface area (Å²) in [6, 6.07) is 5.00. The Balaban J connectivity index is 1.93. The number of carbonyl (C=O) groups is 2. The smallest absolute Gasteiger partial charge is 0.306 e. The first kappa shape index (κ1) is 21.1. The summed E-state index contributed by atoms with van der Waals surface area (Å²) in [5.74, 6) is -0.336. The van der Waals surface area contributed by atoms with Crippen LogP contribution in [0.1, 0.15) is 39.3 Å². The number of H-pyrrole nitrogens is 1. The molecule has 0 aliphatic rings. The van der Waals surface area contributed by atoms with Crippen LogP contribution < -0.4 is 5.32 Å². The van der Waals surface area contributed by atoms with E-state index in [0.29, 0.717) is 32.8 Å². The Morgan fingerprint density at radius 1 is 1.21 bits per heavy atom. The molecule has 154 valence electrons. The fourth-order valence-corrected chi connectivity index (χ4v) is 3.37. The number of aromatic amines is 1. The SMILES string of the molecule is COC(=O)CCC(=O)Nc1ccc(Cl)cc1-c1nn2nc(C(C)(C)C)c(Cl)c2[nH]1. The van der Waals surface area contributed by atoms with Gasteiger partial charge in [-0.2, -0.15) is 5.10 Å². The maximum Gasteiger partial charge on any atom is 0.306 e. The fraction of sp³-hybridized carbons (Fsp3) is 0.368. The number of halogens is 2. The first-order chi connectivity index (χ1) is 13.6. The number of rotatable bonds is 5. The molecule has 0 spiro atoms. The van der Waals surface area contributed by atoms with Crippen LogP contribution in [0.5, 0.6) is 0 Å². The van der Waals surface area contributed by atoms with E-state index in [1.54, 1.807) is 18.2 Å². The van der Waals surface area contributed by atoms with Gasteiger partial charge in [-0.25, -0.2) is 0 Å². The Morgan fingerprint density at radius 2 is 1.93 bits per heavy atom. The number of nitrogens with one attached hydrogen (secondary N) is 2. The van der Waals surface area contributed by atoms with E-state index in [2.05, 4.69) is 25.2 Å². The van der Waals surface area contributed by atoms with Crippen LogP contribution in [0, 0.1) is 0 Å². The molecular weight excluding hydrogens is 417 g/mol. The van der Waals surface area contributed by atoms with Gasteiger partial charge in [-0.3, -0.25) is 9.59 Å². The van der Waals surface area contributed by atoms with E-state index in [1.165, 1.54) is 11.7 Å². The van der Waals surface area contributed by atoms with Gasteiger partial charge in [0.05, 0.1) is 24.9 Å². The molecule has 0 radical (unpaired) electrons. The number of aromatic nitrogens is 4. The van der Waals surface area contributed by atoms with Gasteiger partial charge in [-0.1, -0.05) is 44.0 Å². The van der Waals surface area contributed by atoms with E-state index in [4.69, 9.17) is 23.2 Å². The predicted octanol–water partition coefficient (Wildman–Crippen LogP) is 4.22. The highest BCUT2D eigenvalue weighted by atomic mass is 35.5. The molecule has 0 aliphatic carbocycles. The Labute approximate surface area is 177 Å². The number of hydrogen-bond acceptors (Lipinski definition) is 5. The van der Waals surface area contributed by atoms with Crippen molar-refractivity contribution in [3.8, 4) is 11.4 Å².